The molecule has 0 aliphatic carbocycles. The van der Waals surface area contributed by atoms with Crippen molar-refractivity contribution in [3.8, 4) is 0 Å². The van der Waals surface area contributed by atoms with E-state index < -0.39 is 0 Å². The summed E-state index contributed by atoms with van der Waals surface area (Å²) in [4.78, 5) is 8.09. The molecule has 0 unspecified atom stereocenters. The molecule has 0 aliphatic rings. The van der Waals surface area contributed by atoms with Crippen molar-refractivity contribution in [1.29, 1.82) is 0 Å². The highest BCUT2D eigenvalue weighted by atomic mass is 32.1. The number of anilines is 3. The fourth-order valence-electron chi connectivity index (χ4n) is 1.52. The molecule has 6 N–H and O–H groups in total. The van der Waals surface area contributed by atoms with E-state index in [1.165, 1.54) is 21.9 Å². The first kappa shape index (κ1) is 11.3. The Hall–Kier alpha value is -2.75. The van der Waals surface area contributed by atoms with Crippen molar-refractivity contribution in [3.05, 3.63) is 17.6 Å². The lowest BCUT2D eigenvalue weighted by atomic mass is 10.4. The molecule has 0 bridgehead atoms. The van der Waals surface area contributed by atoms with Crippen LogP contribution in [-0.2, 0) is 0 Å². The molecule has 0 aromatic carbocycles. The van der Waals surface area contributed by atoms with Gasteiger partial charge in [0.1, 0.15) is 11.6 Å². The molecule has 0 aliphatic heterocycles. The van der Waals surface area contributed by atoms with Crippen LogP contribution in [0.15, 0.2) is 27.9 Å². The molecule has 3 rings (SSSR count). The Morgan fingerprint density at radius 1 is 1.21 bits per heavy atom. The third kappa shape index (κ3) is 1.93. The van der Waals surface area contributed by atoms with Gasteiger partial charge in [0.25, 0.3) is 0 Å². The number of thiazole rings is 1. The van der Waals surface area contributed by atoms with E-state index in [0.717, 1.165) is 0 Å². The van der Waals surface area contributed by atoms with E-state index in [-0.39, 0.29) is 11.6 Å². The zero-order valence-corrected chi connectivity index (χ0v) is 10.4. The van der Waals surface area contributed by atoms with Gasteiger partial charge in [-0.05, 0) is 0 Å². The van der Waals surface area contributed by atoms with E-state index in [1.807, 2.05) is 0 Å². The fourth-order valence-corrected chi connectivity index (χ4v) is 1.97. The van der Waals surface area contributed by atoms with Gasteiger partial charge in [0.2, 0.25) is 5.13 Å². The van der Waals surface area contributed by atoms with Crippen LogP contribution in [0.5, 0.6) is 0 Å². The van der Waals surface area contributed by atoms with Gasteiger partial charge in [-0.3, -0.25) is 0 Å². The van der Waals surface area contributed by atoms with Gasteiger partial charge in [0, 0.05) is 17.6 Å². The van der Waals surface area contributed by atoms with Crippen molar-refractivity contribution in [2.45, 2.75) is 0 Å². The van der Waals surface area contributed by atoms with Gasteiger partial charge in [-0.25, -0.2) is 9.97 Å². The molecule has 0 fully saturated rings. The van der Waals surface area contributed by atoms with Gasteiger partial charge in [-0.2, -0.15) is 4.52 Å². The normalized spacial score (nSPS) is 11.6. The maximum Gasteiger partial charge on any atom is 0.229 e. The van der Waals surface area contributed by atoms with E-state index in [2.05, 4.69) is 25.3 Å². The van der Waals surface area contributed by atoms with Gasteiger partial charge in [-0.15, -0.1) is 26.7 Å². The second-order valence-corrected chi connectivity index (χ2v) is 4.46. The minimum Gasteiger partial charge on any atom is -0.384 e. The number of fused-ring (bicyclic) bond motifs is 1. The third-order valence-electron chi connectivity index (χ3n) is 2.29. The van der Waals surface area contributed by atoms with Crippen LogP contribution in [0.3, 0.4) is 0 Å². The quantitative estimate of drug-likeness (QED) is 0.601. The minimum atomic E-state index is 0.171. The van der Waals surface area contributed by atoms with Crippen molar-refractivity contribution in [2.75, 3.05) is 17.2 Å². The first-order valence-electron chi connectivity index (χ1n) is 5.16. The number of nitrogens with zero attached hydrogens (tertiary/aromatic N) is 6. The molecule has 9 nitrogen and oxygen atoms in total. The highest BCUT2D eigenvalue weighted by Crippen LogP contribution is 2.30. The second kappa shape index (κ2) is 4.17. The number of nitrogen functional groups attached to an aromatic ring is 3. The Bertz CT molecular complexity index is 758. The Balaban J connectivity index is 2.15. The average Bonchev–Trinajstić information content (AvgIpc) is 2.95. The summed E-state index contributed by atoms with van der Waals surface area (Å²) < 4.78 is 1.36. The van der Waals surface area contributed by atoms with Crippen LogP contribution < -0.4 is 17.2 Å². The molecule has 0 amide bonds. The SMILES string of the molecule is Nc1cc(N)n2nc(N)c(N=Nc3nccs3)c2n1. The summed E-state index contributed by atoms with van der Waals surface area (Å²) in [6, 6.07) is 1.49. The first-order chi connectivity index (χ1) is 9.15. The molecule has 0 spiro atoms. The average molecular weight is 275 g/mol. The van der Waals surface area contributed by atoms with Crippen molar-refractivity contribution in [1.82, 2.24) is 19.6 Å². The van der Waals surface area contributed by atoms with Crippen molar-refractivity contribution >= 4 is 45.3 Å². The molecule has 0 atom stereocenters. The van der Waals surface area contributed by atoms with Gasteiger partial charge < -0.3 is 17.2 Å². The molecular formula is C9H9N9S. The molecule has 10 heteroatoms. The maximum atomic E-state index is 5.77. The monoisotopic (exact) mass is 275 g/mol. The molecule has 96 valence electrons. The molecule has 3 aromatic rings. The van der Waals surface area contributed by atoms with E-state index in [4.69, 9.17) is 17.2 Å². The van der Waals surface area contributed by atoms with E-state index in [0.29, 0.717) is 22.3 Å². The zero-order chi connectivity index (χ0) is 13.4. The van der Waals surface area contributed by atoms with Gasteiger partial charge >= 0.3 is 0 Å². The third-order valence-corrected chi connectivity index (χ3v) is 2.95. The largest absolute Gasteiger partial charge is 0.384 e. The predicted octanol–water partition coefficient (Wildman–Crippen LogP) is 1.35. The number of hydrogen-bond acceptors (Lipinski definition) is 9. The summed E-state index contributed by atoms with van der Waals surface area (Å²) in [7, 11) is 0. The van der Waals surface area contributed by atoms with Crippen LogP contribution in [0.2, 0.25) is 0 Å². The molecular weight excluding hydrogens is 266 g/mol. The topological polar surface area (TPSA) is 146 Å². The highest BCUT2D eigenvalue weighted by molar-refractivity contribution is 7.13. The Labute approximate surface area is 110 Å². The summed E-state index contributed by atoms with van der Waals surface area (Å²) in [5.74, 6) is 0.755. The predicted molar refractivity (Wildman–Crippen MR) is 72.5 cm³/mol. The Kier molecular flexibility index (Phi) is 2.49. The molecule has 3 aromatic heterocycles. The number of azo groups is 1. The minimum absolute atomic E-state index is 0.171. The van der Waals surface area contributed by atoms with Crippen molar-refractivity contribution < 1.29 is 0 Å². The zero-order valence-electron chi connectivity index (χ0n) is 9.56. The highest BCUT2D eigenvalue weighted by Gasteiger charge is 2.14. The van der Waals surface area contributed by atoms with Gasteiger partial charge in [-0.1, -0.05) is 0 Å². The number of rotatable bonds is 2. The molecule has 3 heterocycles. The lowest BCUT2D eigenvalue weighted by Gasteiger charge is -1.99. The summed E-state index contributed by atoms with van der Waals surface area (Å²) >= 11 is 1.35. The van der Waals surface area contributed by atoms with Crippen LogP contribution in [0.1, 0.15) is 0 Å². The second-order valence-electron chi connectivity index (χ2n) is 3.59. The Morgan fingerprint density at radius 2 is 2.05 bits per heavy atom. The standard InChI is InChI=1S/C9H9N9S/c10-4-3-5(11)18-8(14-4)6(7(12)17-18)15-16-9-13-1-2-19-9/h1-3H,11H2,(H2,10,14)(H2,12,17). The maximum absolute atomic E-state index is 5.77. The molecule has 0 saturated carbocycles. The summed E-state index contributed by atoms with van der Waals surface area (Å²) in [6.07, 6.45) is 1.63. The number of nitrogens with two attached hydrogens (primary N) is 3. The van der Waals surface area contributed by atoms with Crippen LogP contribution in [-0.4, -0.2) is 19.6 Å². The van der Waals surface area contributed by atoms with Crippen LogP contribution in [0.25, 0.3) is 5.65 Å². The van der Waals surface area contributed by atoms with Crippen LogP contribution in [0, 0.1) is 0 Å². The number of hydrogen-bond donors (Lipinski definition) is 3. The lowest BCUT2D eigenvalue weighted by Crippen LogP contribution is -2.02. The first-order valence-corrected chi connectivity index (χ1v) is 6.04. The Morgan fingerprint density at radius 3 is 2.79 bits per heavy atom. The molecule has 19 heavy (non-hydrogen) atoms. The smallest absolute Gasteiger partial charge is 0.229 e. The van der Waals surface area contributed by atoms with Crippen molar-refractivity contribution in [3.63, 3.8) is 0 Å². The summed E-state index contributed by atoms with van der Waals surface area (Å²) in [6.45, 7) is 0. The van der Waals surface area contributed by atoms with Gasteiger partial charge in [0.05, 0.1) is 0 Å². The molecule has 0 saturated heterocycles. The van der Waals surface area contributed by atoms with E-state index in [1.54, 1.807) is 11.6 Å². The van der Waals surface area contributed by atoms with E-state index >= 15 is 0 Å². The van der Waals surface area contributed by atoms with Crippen molar-refractivity contribution in [2.24, 2.45) is 10.2 Å². The van der Waals surface area contributed by atoms with Gasteiger partial charge in [0.15, 0.2) is 17.2 Å². The summed E-state index contributed by atoms with van der Waals surface area (Å²) in [5.41, 5.74) is 17.9. The number of aromatic nitrogens is 4. The lowest BCUT2D eigenvalue weighted by molar-refractivity contribution is 0.960. The van der Waals surface area contributed by atoms with Crippen LogP contribution in [0.4, 0.5) is 28.3 Å². The fraction of sp³-hybridized carbons (Fsp3) is 0. The van der Waals surface area contributed by atoms with E-state index in [9.17, 15) is 0 Å². The van der Waals surface area contributed by atoms with Crippen LogP contribution >= 0.6 is 11.3 Å². The molecule has 0 radical (unpaired) electrons. The summed E-state index contributed by atoms with van der Waals surface area (Å²) in [5, 5.41) is 14.3.